The molecular weight excluding hydrogens is 304 g/mol. The van der Waals surface area contributed by atoms with E-state index in [1.807, 2.05) is 0 Å². The van der Waals surface area contributed by atoms with Gasteiger partial charge in [0.05, 0.1) is 0 Å². The summed E-state index contributed by atoms with van der Waals surface area (Å²) >= 11 is -3.43. The minimum Gasteiger partial charge on any atom is 0 e. The Hall–Kier alpha value is 1.27. The molecule has 0 aromatic heterocycles. The molecule has 0 saturated carbocycles. The molecule has 6 heteroatoms. The smallest absolute Gasteiger partial charge is 0 e. The van der Waals surface area contributed by atoms with Crippen LogP contribution in [0.1, 0.15) is 53.4 Å². The molecule has 0 aromatic rings. The van der Waals surface area contributed by atoms with Crippen LogP contribution in [0.3, 0.4) is 0 Å². The molecule has 4 nitrogen and oxygen atoms in total. The van der Waals surface area contributed by atoms with E-state index in [1.54, 1.807) is 0 Å². The molecule has 0 saturated heterocycles. The summed E-state index contributed by atoms with van der Waals surface area (Å²) in [5.41, 5.74) is 0. The second-order valence-corrected chi connectivity index (χ2v) is 7.26. The second kappa shape index (κ2) is 14.7. The van der Waals surface area contributed by atoms with Crippen molar-refractivity contribution in [3.63, 3.8) is 0 Å². The molecule has 0 amide bonds. The summed E-state index contributed by atoms with van der Waals surface area (Å²) in [4.78, 5) is 0. The van der Waals surface area contributed by atoms with Crippen LogP contribution in [0, 0.1) is 0 Å². The van der Waals surface area contributed by atoms with Crippen LogP contribution in [0.5, 0.6) is 0 Å². The molecule has 0 heterocycles. The molecule has 108 valence electrons. The van der Waals surface area contributed by atoms with Crippen LogP contribution in [0.4, 0.5) is 0 Å². The van der Waals surface area contributed by atoms with Crippen LogP contribution in [0.25, 0.3) is 0 Å². The van der Waals surface area contributed by atoms with Crippen molar-refractivity contribution in [2.24, 2.45) is 0 Å². The van der Waals surface area contributed by atoms with Crippen LogP contribution in [-0.2, 0) is 53.1 Å². The van der Waals surface area contributed by atoms with Crippen molar-refractivity contribution in [3.8, 4) is 0 Å². The van der Waals surface area contributed by atoms with Gasteiger partial charge in [-0.1, -0.05) is 0 Å². The molecule has 0 rings (SSSR count). The molecule has 0 aromatic carbocycles. The monoisotopic (exact) mass is 332 g/mol. The quantitative estimate of drug-likeness (QED) is 0.513. The Morgan fingerprint density at radius 1 is 0.556 bits per heavy atom. The van der Waals surface area contributed by atoms with E-state index in [1.165, 1.54) is 0 Å². The van der Waals surface area contributed by atoms with Crippen LogP contribution >= 0.6 is 0 Å². The minimum atomic E-state index is -3.43. The molecule has 0 N–H and O–H groups in total. The van der Waals surface area contributed by atoms with E-state index in [4.69, 9.17) is 13.3 Å². The summed E-state index contributed by atoms with van der Waals surface area (Å²) in [6, 6.07) is 0. The zero-order valence-electron chi connectivity index (χ0n) is 12.3. The fourth-order valence-electron chi connectivity index (χ4n) is 1.16. The maximum Gasteiger partial charge on any atom is 0 e. The topological polar surface area (TPSA) is 36.9 Å². The Bertz CT molecular complexity index is 133. The van der Waals surface area contributed by atoms with Gasteiger partial charge in [0.1, 0.15) is 0 Å². The average molecular weight is 332 g/mol. The average Bonchev–Trinajstić information content (AvgIpc) is 2.37. The molecule has 0 fully saturated rings. The molecule has 0 bridgehead atoms. The summed E-state index contributed by atoms with van der Waals surface area (Å²) in [6.07, 6.45) is 3.81. The van der Waals surface area contributed by atoms with Gasteiger partial charge in [0.25, 0.3) is 0 Å². The summed E-state index contributed by atoms with van der Waals surface area (Å²) in [5.74, 6) is 0. The van der Waals surface area contributed by atoms with Crippen LogP contribution < -0.4 is 0 Å². The third-order valence-electron chi connectivity index (χ3n) is 1.93. The van der Waals surface area contributed by atoms with Gasteiger partial charge in [-0.25, -0.2) is 0 Å². The van der Waals surface area contributed by atoms with E-state index >= 15 is 0 Å². The van der Waals surface area contributed by atoms with Crippen molar-refractivity contribution < 1.29 is 53.1 Å². The predicted molar refractivity (Wildman–Crippen MR) is 65.0 cm³/mol. The summed E-state index contributed by atoms with van der Waals surface area (Å²) in [5, 5.41) is 0. The van der Waals surface area contributed by atoms with Crippen LogP contribution in [0.15, 0.2) is 0 Å². The fraction of sp³-hybridized carbons (Fsp3) is 1.00. The summed E-state index contributed by atoms with van der Waals surface area (Å²) in [6.45, 7) is 10.9. The molecule has 0 aliphatic rings. The van der Waals surface area contributed by atoms with Gasteiger partial charge < -0.3 is 0 Å². The number of rotatable bonds is 12. The number of hydrogen-bond acceptors (Lipinski definition) is 4. The van der Waals surface area contributed by atoms with Gasteiger partial charge in [-0.3, -0.25) is 0 Å². The SMILES string of the molecule is CCC[O][Ti]([O]CCC)([O]CCC)[O]CCC.[Ti]. The summed E-state index contributed by atoms with van der Waals surface area (Å²) in [7, 11) is 0. The van der Waals surface area contributed by atoms with E-state index in [0.717, 1.165) is 25.7 Å². The molecule has 0 aliphatic heterocycles. The first-order valence-corrected chi connectivity index (χ1v) is 9.35. The van der Waals surface area contributed by atoms with Crippen molar-refractivity contribution >= 4 is 0 Å². The Kier molecular flexibility index (Phi) is 17.6. The zero-order valence-corrected chi connectivity index (χ0v) is 15.4. The van der Waals surface area contributed by atoms with Gasteiger partial charge in [-0.2, -0.15) is 0 Å². The molecule has 0 unspecified atom stereocenters. The van der Waals surface area contributed by atoms with Crippen LogP contribution in [0.2, 0.25) is 0 Å². The molecular formula is C12H28O4Ti2. The van der Waals surface area contributed by atoms with Gasteiger partial charge in [-0.05, 0) is 0 Å². The second-order valence-electron chi connectivity index (χ2n) is 3.89. The van der Waals surface area contributed by atoms with Gasteiger partial charge >= 0.3 is 111 Å². The zero-order chi connectivity index (χ0) is 13.0. The Morgan fingerprint density at radius 2 is 0.778 bits per heavy atom. The maximum absolute atomic E-state index is 5.81. The molecule has 18 heavy (non-hydrogen) atoms. The minimum absolute atomic E-state index is 0. The normalized spacial score (nSPS) is 11.3. The molecule has 0 radical (unpaired) electrons. The van der Waals surface area contributed by atoms with Crippen molar-refractivity contribution in [2.45, 2.75) is 53.4 Å². The standard InChI is InChI=1S/4C3H7O.2Ti/c4*1-2-3-4;;/h4*2-3H2,1H3;;/q4*-1;;+4. The van der Waals surface area contributed by atoms with Crippen molar-refractivity contribution in [1.82, 2.24) is 0 Å². The van der Waals surface area contributed by atoms with Gasteiger partial charge in [0.15, 0.2) is 0 Å². The van der Waals surface area contributed by atoms with Crippen molar-refractivity contribution in [2.75, 3.05) is 26.4 Å². The first-order chi connectivity index (χ1) is 8.24. The summed E-state index contributed by atoms with van der Waals surface area (Å²) < 4.78 is 23.2. The van der Waals surface area contributed by atoms with Crippen molar-refractivity contribution in [1.29, 1.82) is 0 Å². The van der Waals surface area contributed by atoms with Crippen molar-refractivity contribution in [3.05, 3.63) is 0 Å². The van der Waals surface area contributed by atoms with E-state index < -0.39 is 18.1 Å². The third kappa shape index (κ3) is 10.1. The molecule has 0 aliphatic carbocycles. The van der Waals surface area contributed by atoms with Crippen LogP contribution in [-0.4, -0.2) is 26.4 Å². The predicted octanol–water partition coefficient (Wildman–Crippen LogP) is 3.50. The van der Waals surface area contributed by atoms with Gasteiger partial charge in [-0.15, -0.1) is 0 Å². The fourth-order valence-corrected chi connectivity index (χ4v) is 4.78. The Labute approximate surface area is 132 Å². The Balaban J connectivity index is 0. The van der Waals surface area contributed by atoms with E-state index in [9.17, 15) is 0 Å². The van der Waals surface area contributed by atoms with Gasteiger partial charge in [0.2, 0.25) is 0 Å². The first kappa shape index (κ1) is 21.6. The third-order valence-corrected chi connectivity index (χ3v) is 5.42. The largest absolute Gasteiger partial charge is 0 e. The number of hydrogen-bond donors (Lipinski definition) is 0. The molecule has 0 spiro atoms. The maximum atomic E-state index is 5.81. The Morgan fingerprint density at radius 3 is 0.944 bits per heavy atom. The first-order valence-electron chi connectivity index (χ1n) is 6.80. The van der Waals surface area contributed by atoms with E-state index in [-0.39, 0.29) is 21.7 Å². The van der Waals surface area contributed by atoms with E-state index in [0.29, 0.717) is 26.4 Å². The van der Waals surface area contributed by atoms with E-state index in [2.05, 4.69) is 27.7 Å². The van der Waals surface area contributed by atoms with Gasteiger partial charge in [0, 0.05) is 21.7 Å². The molecule has 0 atom stereocenters.